The van der Waals surface area contributed by atoms with Crippen molar-refractivity contribution in [2.45, 2.75) is 44.1 Å². The van der Waals surface area contributed by atoms with Gasteiger partial charge in [0.05, 0.1) is 26.4 Å². The van der Waals surface area contributed by atoms with Crippen molar-refractivity contribution in [2.24, 2.45) is 5.16 Å². The summed E-state index contributed by atoms with van der Waals surface area (Å²) in [5.41, 5.74) is -0.569. The summed E-state index contributed by atoms with van der Waals surface area (Å²) >= 11 is 3.38. The van der Waals surface area contributed by atoms with E-state index < -0.39 is 17.5 Å². The third-order valence-corrected chi connectivity index (χ3v) is 3.71. The molecule has 0 spiro atoms. The van der Waals surface area contributed by atoms with Crippen molar-refractivity contribution in [2.75, 3.05) is 19.5 Å². The molecule has 7 heteroatoms. The second-order valence-corrected chi connectivity index (χ2v) is 5.46. The smallest absolute Gasteiger partial charge is 0.354 e. The molecule has 1 heterocycles. The Morgan fingerprint density at radius 3 is 2.65 bits per heavy atom. The van der Waals surface area contributed by atoms with E-state index in [0.29, 0.717) is 0 Å². The summed E-state index contributed by atoms with van der Waals surface area (Å²) in [6.45, 7) is 0. The number of hydrogen-bond donors (Lipinski definition) is 0. The fraction of sp³-hybridized carbons (Fsp3) is 0.769. The van der Waals surface area contributed by atoms with Crippen LogP contribution in [0.4, 0.5) is 0 Å². The fourth-order valence-electron chi connectivity index (χ4n) is 2.05. The molecule has 20 heavy (non-hydrogen) atoms. The third kappa shape index (κ3) is 4.47. The van der Waals surface area contributed by atoms with Crippen LogP contribution in [0.1, 0.15) is 38.5 Å². The molecule has 1 aliphatic rings. The molecule has 1 atom stereocenters. The predicted octanol–water partition coefficient (Wildman–Crippen LogP) is 2.19. The number of esters is 2. The van der Waals surface area contributed by atoms with Crippen molar-refractivity contribution in [3.63, 3.8) is 0 Å². The molecule has 0 saturated carbocycles. The van der Waals surface area contributed by atoms with E-state index in [4.69, 9.17) is 9.57 Å². The Kier molecular flexibility index (Phi) is 6.98. The van der Waals surface area contributed by atoms with Crippen LogP contribution >= 0.6 is 15.9 Å². The number of unbranched alkanes of at least 4 members (excludes halogenated alkanes) is 2. The average Bonchev–Trinajstić information content (AvgIpc) is 2.87. The Morgan fingerprint density at radius 1 is 1.30 bits per heavy atom. The summed E-state index contributed by atoms with van der Waals surface area (Å²) in [5, 5.41) is 4.92. The van der Waals surface area contributed by atoms with E-state index in [1.807, 2.05) is 0 Å². The van der Waals surface area contributed by atoms with Gasteiger partial charge in [0.2, 0.25) is 5.60 Å². The molecule has 0 bridgehead atoms. The van der Waals surface area contributed by atoms with Crippen LogP contribution in [0.15, 0.2) is 5.16 Å². The summed E-state index contributed by atoms with van der Waals surface area (Å²) in [5.74, 6) is -1.12. The number of carbonyl (C=O) groups is 2. The maximum atomic E-state index is 11.9. The van der Waals surface area contributed by atoms with Gasteiger partial charge in [0.25, 0.3) is 0 Å². The Labute approximate surface area is 126 Å². The Morgan fingerprint density at radius 2 is 2.05 bits per heavy atom. The molecule has 1 unspecified atom stereocenters. The van der Waals surface area contributed by atoms with Crippen LogP contribution in [0.2, 0.25) is 0 Å². The predicted molar refractivity (Wildman–Crippen MR) is 76.8 cm³/mol. The molecule has 0 radical (unpaired) electrons. The Balaban J connectivity index is 2.58. The first-order valence-electron chi connectivity index (χ1n) is 6.53. The number of methoxy groups -OCH3 is 2. The number of oxime groups is 1. The number of halogens is 1. The molecule has 1 rings (SSSR count). The maximum Gasteiger partial charge on any atom is 0.354 e. The fourth-order valence-corrected chi connectivity index (χ4v) is 2.44. The second-order valence-electron chi connectivity index (χ2n) is 4.66. The monoisotopic (exact) mass is 349 g/mol. The topological polar surface area (TPSA) is 74.2 Å². The molecule has 6 nitrogen and oxygen atoms in total. The van der Waals surface area contributed by atoms with E-state index in [0.717, 1.165) is 36.7 Å². The zero-order valence-electron chi connectivity index (χ0n) is 11.8. The van der Waals surface area contributed by atoms with Crippen molar-refractivity contribution in [3.05, 3.63) is 0 Å². The lowest BCUT2D eigenvalue weighted by atomic mass is 9.92. The number of ether oxygens (including phenoxy) is 2. The molecule has 0 aromatic carbocycles. The highest BCUT2D eigenvalue weighted by Gasteiger charge is 2.49. The van der Waals surface area contributed by atoms with Gasteiger partial charge in [-0.3, -0.25) is 4.79 Å². The van der Waals surface area contributed by atoms with Crippen LogP contribution < -0.4 is 0 Å². The largest absolute Gasteiger partial charge is 0.469 e. The maximum absolute atomic E-state index is 11.9. The van der Waals surface area contributed by atoms with Gasteiger partial charge in [-0.15, -0.1) is 0 Å². The summed E-state index contributed by atoms with van der Waals surface area (Å²) in [6.07, 6.45) is 3.99. The number of alkyl halides is 1. The van der Waals surface area contributed by atoms with Crippen LogP contribution in [0.25, 0.3) is 0 Å². The molecule has 0 aromatic rings. The minimum atomic E-state index is -1.35. The first kappa shape index (κ1) is 16.9. The van der Waals surface area contributed by atoms with Crippen molar-refractivity contribution >= 4 is 33.6 Å². The number of nitrogens with zero attached hydrogens (tertiary/aromatic N) is 1. The third-order valence-electron chi connectivity index (χ3n) is 3.15. The first-order chi connectivity index (χ1) is 9.57. The van der Waals surface area contributed by atoms with E-state index in [-0.39, 0.29) is 12.8 Å². The number of carbonyl (C=O) groups excluding carboxylic acids is 2. The van der Waals surface area contributed by atoms with Gasteiger partial charge in [0.15, 0.2) is 0 Å². The molecule has 0 N–H and O–H groups in total. The lowest BCUT2D eigenvalue weighted by Crippen LogP contribution is -2.42. The van der Waals surface area contributed by atoms with Crippen LogP contribution in [0.5, 0.6) is 0 Å². The van der Waals surface area contributed by atoms with Crippen LogP contribution in [-0.4, -0.2) is 42.8 Å². The standard InChI is InChI=1S/C13H20BrNO5/c1-18-11(16)9-13(12(17)19-2)8-10(15-20-13)6-4-3-5-7-14/h3-9H2,1-2H3. The summed E-state index contributed by atoms with van der Waals surface area (Å²) in [4.78, 5) is 28.5. The van der Waals surface area contributed by atoms with Crippen LogP contribution in [0.3, 0.4) is 0 Å². The van der Waals surface area contributed by atoms with E-state index >= 15 is 0 Å². The lowest BCUT2D eigenvalue weighted by molar-refractivity contribution is -0.173. The molecule has 0 aliphatic carbocycles. The van der Waals surface area contributed by atoms with Gasteiger partial charge in [0.1, 0.15) is 0 Å². The quantitative estimate of drug-likeness (QED) is 0.381. The van der Waals surface area contributed by atoms with Gasteiger partial charge >= 0.3 is 11.9 Å². The van der Waals surface area contributed by atoms with Gasteiger partial charge in [-0.05, 0) is 19.3 Å². The molecular formula is C13H20BrNO5. The number of rotatable bonds is 8. The Hall–Kier alpha value is -1.11. The van der Waals surface area contributed by atoms with Crippen molar-refractivity contribution in [3.8, 4) is 0 Å². The van der Waals surface area contributed by atoms with Crippen molar-refractivity contribution < 1.29 is 23.9 Å². The Bertz CT molecular complexity index is 385. The van der Waals surface area contributed by atoms with Crippen molar-refractivity contribution in [1.29, 1.82) is 0 Å². The zero-order valence-corrected chi connectivity index (χ0v) is 13.4. The molecule has 0 amide bonds. The summed E-state index contributed by atoms with van der Waals surface area (Å²) < 4.78 is 9.32. The summed E-state index contributed by atoms with van der Waals surface area (Å²) in [7, 11) is 2.53. The minimum Gasteiger partial charge on any atom is -0.469 e. The van der Waals surface area contributed by atoms with Gasteiger partial charge < -0.3 is 14.3 Å². The van der Waals surface area contributed by atoms with Crippen molar-refractivity contribution in [1.82, 2.24) is 0 Å². The van der Waals surface area contributed by atoms with E-state index in [1.54, 1.807) is 0 Å². The van der Waals surface area contributed by atoms with Gasteiger partial charge in [0, 0.05) is 11.8 Å². The average molecular weight is 350 g/mol. The minimum absolute atomic E-state index is 0.190. The highest BCUT2D eigenvalue weighted by atomic mass is 79.9. The van der Waals surface area contributed by atoms with Crippen LogP contribution in [0, 0.1) is 0 Å². The molecule has 1 aliphatic heterocycles. The molecule has 114 valence electrons. The molecule has 0 aromatic heterocycles. The summed E-state index contributed by atoms with van der Waals surface area (Å²) in [6, 6.07) is 0. The van der Waals surface area contributed by atoms with Crippen LogP contribution in [-0.2, 0) is 23.9 Å². The second kappa shape index (κ2) is 8.24. The number of hydrogen-bond acceptors (Lipinski definition) is 6. The SMILES string of the molecule is COC(=O)CC1(C(=O)OC)CC(CCCCCBr)=NO1. The zero-order chi connectivity index (χ0) is 15.0. The van der Waals surface area contributed by atoms with E-state index in [9.17, 15) is 9.59 Å². The normalized spacial score (nSPS) is 21.1. The molecule has 0 saturated heterocycles. The van der Waals surface area contributed by atoms with Gasteiger partial charge in [-0.25, -0.2) is 4.79 Å². The highest BCUT2D eigenvalue weighted by Crippen LogP contribution is 2.31. The highest BCUT2D eigenvalue weighted by molar-refractivity contribution is 9.09. The van der Waals surface area contributed by atoms with Gasteiger partial charge in [-0.2, -0.15) is 0 Å². The molecule has 0 fully saturated rings. The lowest BCUT2D eigenvalue weighted by Gasteiger charge is -2.22. The first-order valence-corrected chi connectivity index (χ1v) is 7.65. The van der Waals surface area contributed by atoms with E-state index in [2.05, 4.69) is 25.8 Å². The van der Waals surface area contributed by atoms with E-state index in [1.165, 1.54) is 14.2 Å². The van der Waals surface area contributed by atoms with Gasteiger partial charge in [-0.1, -0.05) is 27.5 Å². The molecular weight excluding hydrogens is 330 g/mol.